The molecule has 0 amide bonds. The van der Waals surface area contributed by atoms with Crippen LogP contribution in [0.4, 0.5) is 0 Å². The summed E-state index contributed by atoms with van der Waals surface area (Å²) < 4.78 is 13.9. The zero-order chi connectivity index (χ0) is 11.3. The summed E-state index contributed by atoms with van der Waals surface area (Å²) in [5.41, 5.74) is 0.644. The van der Waals surface area contributed by atoms with E-state index in [-0.39, 0.29) is 5.75 Å². The van der Waals surface area contributed by atoms with Crippen LogP contribution in [0.3, 0.4) is 0 Å². The van der Waals surface area contributed by atoms with Gasteiger partial charge in [0.25, 0.3) is 0 Å². The minimum Gasteiger partial charge on any atom is -0.558 e. The van der Waals surface area contributed by atoms with E-state index in [0.29, 0.717) is 5.56 Å². The molecule has 6 heteroatoms. The summed E-state index contributed by atoms with van der Waals surface area (Å²) in [5.74, 6) is -0.850. The standard InChI is InChI=1S/C9H7O5P/c10-8-4-1-7(2-5-8)3-6-9(11)14-15(12)13/h1-6,10H/b6-3+. The SMILES string of the molecule is O=C(/C=C/c1ccc(O)cc1)O[P+](=O)[O-]. The minimum absolute atomic E-state index is 0.109. The molecule has 0 saturated heterocycles. The Morgan fingerprint density at radius 1 is 1.40 bits per heavy atom. The van der Waals surface area contributed by atoms with Gasteiger partial charge in [0.2, 0.25) is 0 Å². The number of phenolic OH excluding ortho intramolecular Hbond substituents is 1. The third-order valence-corrected chi connectivity index (χ3v) is 1.80. The van der Waals surface area contributed by atoms with Crippen molar-refractivity contribution in [3.05, 3.63) is 35.9 Å². The van der Waals surface area contributed by atoms with Crippen molar-refractivity contribution in [2.45, 2.75) is 0 Å². The number of aromatic hydroxyl groups is 1. The van der Waals surface area contributed by atoms with Crippen LogP contribution < -0.4 is 4.89 Å². The third-order valence-electron chi connectivity index (χ3n) is 1.47. The van der Waals surface area contributed by atoms with Gasteiger partial charge in [-0.15, -0.1) is 0 Å². The van der Waals surface area contributed by atoms with Gasteiger partial charge in [-0.1, -0.05) is 12.1 Å². The maximum atomic E-state index is 10.8. The van der Waals surface area contributed by atoms with Gasteiger partial charge in [0.1, 0.15) is 5.75 Å². The van der Waals surface area contributed by atoms with Crippen molar-refractivity contribution in [3.8, 4) is 5.75 Å². The molecule has 0 aliphatic carbocycles. The molecule has 15 heavy (non-hydrogen) atoms. The van der Waals surface area contributed by atoms with Crippen molar-refractivity contribution in [2.75, 3.05) is 0 Å². The zero-order valence-electron chi connectivity index (χ0n) is 7.49. The highest BCUT2D eigenvalue weighted by molar-refractivity contribution is 7.31. The maximum absolute atomic E-state index is 10.8. The minimum atomic E-state index is -3.17. The van der Waals surface area contributed by atoms with Gasteiger partial charge in [-0.05, 0) is 28.3 Å². The van der Waals surface area contributed by atoms with Gasteiger partial charge in [0.15, 0.2) is 0 Å². The molecule has 0 radical (unpaired) electrons. The highest BCUT2D eigenvalue weighted by atomic mass is 31.1. The Balaban J connectivity index is 2.61. The summed E-state index contributed by atoms with van der Waals surface area (Å²) in [5, 5.41) is 8.96. The Kier molecular flexibility index (Phi) is 3.97. The predicted octanol–water partition coefficient (Wildman–Crippen LogP) is 0.966. The van der Waals surface area contributed by atoms with Gasteiger partial charge in [-0.2, -0.15) is 0 Å². The van der Waals surface area contributed by atoms with E-state index in [1.807, 2.05) is 0 Å². The summed E-state index contributed by atoms with van der Waals surface area (Å²) in [6.07, 6.45) is 2.36. The second-order valence-electron chi connectivity index (χ2n) is 2.56. The lowest BCUT2D eigenvalue weighted by molar-refractivity contribution is -0.186. The van der Waals surface area contributed by atoms with Crippen LogP contribution in [0.25, 0.3) is 6.08 Å². The van der Waals surface area contributed by atoms with Crippen LogP contribution in [0.15, 0.2) is 30.3 Å². The van der Waals surface area contributed by atoms with Gasteiger partial charge in [0, 0.05) is 6.08 Å². The number of phenols is 1. The molecule has 0 fully saturated rings. The molecule has 0 saturated carbocycles. The number of rotatable bonds is 3. The van der Waals surface area contributed by atoms with E-state index in [9.17, 15) is 14.3 Å². The molecule has 0 bridgehead atoms. The number of benzene rings is 1. The van der Waals surface area contributed by atoms with E-state index < -0.39 is 14.2 Å². The van der Waals surface area contributed by atoms with Gasteiger partial charge in [-0.3, -0.25) is 0 Å². The first-order valence-electron chi connectivity index (χ1n) is 3.91. The molecule has 78 valence electrons. The van der Waals surface area contributed by atoms with Gasteiger partial charge >= 0.3 is 14.2 Å². The average Bonchev–Trinajstić information content (AvgIpc) is 2.16. The summed E-state index contributed by atoms with van der Waals surface area (Å²) in [4.78, 5) is 20.7. The van der Waals surface area contributed by atoms with Crippen molar-refractivity contribution >= 4 is 20.3 Å². The quantitative estimate of drug-likeness (QED) is 0.612. The average molecular weight is 226 g/mol. The Morgan fingerprint density at radius 2 is 2.00 bits per heavy atom. The second-order valence-corrected chi connectivity index (χ2v) is 3.19. The normalized spacial score (nSPS) is 11.4. The van der Waals surface area contributed by atoms with Crippen LogP contribution in [0.2, 0.25) is 0 Å². The van der Waals surface area contributed by atoms with Crippen molar-refractivity contribution in [1.82, 2.24) is 0 Å². The van der Waals surface area contributed by atoms with Crippen molar-refractivity contribution in [2.24, 2.45) is 0 Å². The molecule has 0 aromatic heterocycles. The number of hydrogen-bond acceptors (Lipinski definition) is 5. The molecular weight excluding hydrogens is 219 g/mol. The Bertz CT molecular complexity index is 395. The summed E-state index contributed by atoms with van der Waals surface area (Å²) in [7, 11) is -3.17. The lowest BCUT2D eigenvalue weighted by Gasteiger charge is -1.92. The van der Waals surface area contributed by atoms with Crippen LogP contribution in [-0.2, 0) is 13.9 Å². The molecule has 0 aliphatic heterocycles. The molecule has 1 aromatic rings. The van der Waals surface area contributed by atoms with E-state index in [1.54, 1.807) is 12.1 Å². The van der Waals surface area contributed by atoms with E-state index in [0.717, 1.165) is 6.08 Å². The molecule has 1 atom stereocenters. The smallest absolute Gasteiger partial charge is 0.542 e. The summed E-state index contributed by atoms with van der Waals surface area (Å²) in [6.45, 7) is 0. The fourth-order valence-electron chi connectivity index (χ4n) is 0.854. The van der Waals surface area contributed by atoms with Crippen LogP contribution in [0, 0.1) is 0 Å². The molecule has 1 unspecified atom stereocenters. The Morgan fingerprint density at radius 3 is 2.53 bits per heavy atom. The van der Waals surface area contributed by atoms with Gasteiger partial charge in [-0.25, -0.2) is 9.32 Å². The molecule has 1 N–H and O–H groups in total. The molecule has 1 rings (SSSR count). The van der Waals surface area contributed by atoms with Crippen molar-refractivity contribution in [1.29, 1.82) is 0 Å². The molecule has 0 spiro atoms. The third kappa shape index (κ3) is 4.35. The number of carbonyl (C=O) groups excluding carboxylic acids is 1. The van der Waals surface area contributed by atoms with Crippen molar-refractivity contribution < 1.29 is 23.9 Å². The van der Waals surface area contributed by atoms with E-state index >= 15 is 0 Å². The molecule has 0 heterocycles. The zero-order valence-corrected chi connectivity index (χ0v) is 8.39. The first-order valence-corrected chi connectivity index (χ1v) is 5.01. The molecule has 1 aromatic carbocycles. The maximum Gasteiger partial charge on any atom is 0.542 e. The van der Waals surface area contributed by atoms with Crippen LogP contribution in [0.5, 0.6) is 5.75 Å². The van der Waals surface area contributed by atoms with E-state index in [4.69, 9.17) is 5.11 Å². The first-order chi connectivity index (χ1) is 7.08. The van der Waals surface area contributed by atoms with Crippen LogP contribution >= 0.6 is 8.25 Å². The lowest BCUT2D eigenvalue weighted by atomic mass is 10.2. The molecule has 5 nitrogen and oxygen atoms in total. The Labute approximate surface area is 86.6 Å². The highest BCUT2D eigenvalue weighted by Crippen LogP contribution is 2.12. The topological polar surface area (TPSA) is 86.7 Å². The monoisotopic (exact) mass is 226 g/mol. The second kappa shape index (κ2) is 5.24. The van der Waals surface area contributed by atoms with Gasteiger partial charge < -0.3 is 10.00 Å². The molecular formula is C9H7O5P. The first kappa shape index (κ1) is 11.4. The highest BCUT2D eigenvalue weighted by Gasteiger charge is 2.07. The van der Waals surface area contributed by atoms with E-state index in [2.05, 4.69) is 4.52 Å². The fourth-order valence-corrected chi connectivity index (χ4v) is 1.06. The predicted molar refractivity (Wildman–Crippen MR) is 50.8 cm³/mol. The largest absolute Gasteiger partial charge is 0.558 e. The van der Waals surface area contributed by atoms with Gasteiger partial charge in [0.05, 0.1) is 0 Å². The lowest BCUT2D eigenvalue weighted by Crippen LogP contribution is -1.98. The van der Waals surface area contributed by atoms with E-state index in [1.165, 1.54) is 18.2 Å². The summed E-state index contributed by atoms with van der Waals surface area (Å²) in [6, 6.07) is 6.02. The fraction of sp³-hybridized carbons (Fsp3) is 0. The van der Waals surface area contributed by atoms with Crippen LogP contribution in [0.1, 0.15) is 5.56 Å². The summed E-state index contributed by atoms with van der Waals surface area (Å²) >= 11 is 0. The van der Waals surface area contributed by atoms with Crippen LogP contribution in [-0.4, -0.2) is 11.1 Å². The van der Waals surface area contributed by atoms with Crippen molar-refractivity contribution in [3.63, 3.8) is 0 Å². The number of hydrogen-bond donors (Lipinski definition) is 1. The molecule has 0 aliphatic rings. The Hall–Kier alpha value is -1.71. The number of carbonyl (C=O) groups is 1.